The number of alkyl halides is 1. The molecule has 0 amide bonds. The Morgan fingerprint density at radius 3 is 2.69 bits per heavy atom. The summed E-state index contributed by atoms with van der Waals surface area (Å²) in [5.74, 6) is 0.305. The summed E-state index contributed by atoms with van der Waals surface area (Å²) in [6.45, 7) is 0.436. The van der Waals surface area contributed by atoms with Crippen LogP contribution >= 0.6 is 34.8 Å². The average Bonchev–Trinajstić information content (AvgIpc) is 2.12. The lowest BCUT2D eigenvalue weighted by Crippen LogP contribution is -1.97. The average molecular weight is 241 g/mol. The molecule has 0 fully saturated rings. The lowest BCUT2D eigenvalue weighted by molar-refractivity contribution is 0.184. The molecule has 1 aromatic rings. The fourth-order valence-corrected chi connectivity index (χ4v) is 1.73. The van der Waals surface area contributed by atoms with E-state index in [4.69, 9.17) is 39.5 Å². The highest BCUT2D eigenvalue weighted by atomic mass is 35.5. The molecule has 0 aliphatic rings. The minimum Gasteiger partial charge on any atom is -0.380 e. The second-order valence-electron chi connectivity index (χ2n) is 2.43. The molecule has 0 bridgehead atoms. The Morgan fingerprint density at radius 1 is 1.46 bits per heavy atom. The smallest absolute Gasteiger partial charge is 0.147 e. The van der Waals surface area contributed by atoms with E-state index in [1.165, 1.54) is 0 Å². The third-order valence-corrected chi connectivity index (χ3v) is 2.66. The maximum Gasteiger partial charge on any atom is 0.147 e. The summed E-state index contributed by atoms with van der Waals surface area (Å²) in [6, 6.07) is 0. The Kier molecular flexibility index (Phi) is 4.26. The zero-order valence-corrected chi connectivity index (χ0v) is 9.25. The number of halogens is 3. The Hall–Kier alpha value is -0.0200. The summed E-state index contributed by atoms with van der Waals surface area (Å²) in [7, 11) is 1.60. The SMILES string of the molecule is COCc1cnc(Cl)c(Cl)c1CCl. The van der Waals surface area contributed by atoms with E-state index in [9.17, 15) is 0 Å². The number of rotatable bonds is 3. The van der Waals surface area contributed by atoms with Gasteiger partial charge >= 0.3 is 0 Å². The predicted molar refractivity (Wildman–Crippen MR) is 54.5 cm³/mol. The fraction of sp³-hybridized carbons (Fsp3) is 0.375. The number of ether oxygens (including phenoxy) is 1. The number of hydrogen-bond donors (Lipinski definition) is 0. The van der Waals surface area contributed by atoms with E-state index in [0.717, 1.165) is 11.1 Å². The molecule has 0 saturated heterocycles. The molecule has 5 heteroatoms. The standard InChI is InChI=1S/C8H8Cl3NO/c1-13-4-5-3-12-8(11)7(10)6(5)2-9/h3H,2,4H2,1H3. The third-order valence-electron chi connectivity index (χ3n) is 1.60. The van der Waals surface area contributed by atoms with Gasteiger partial charge in [-0.1, -0.05) is 23.2 Å². The van der Waals surface area contributed by atoms with Gasteiger partial charge in [0.15, 0.2) is 0 Å². The number of nitrogens with zero attached hydrogens (tertiary/aromatic N) is 1. The molecule has 0 spiro atoms. The van der Waals surface area contributed by atoms with Gasteiger partial charge in [0.05, 0.1) is 11.6 Å². The van der Waals surface area contributed by atoms with E-state index in [0.29, 0.717) is 17.5 Å². The van der Waals surface area contributed by atoms with E-state index < -0.39 is 0 Å². The van der Waals surface area contributed by atoms with Crippen LogP contribution in [0.2, 0.25) is 10.2 Å². The normalized spacial score (nSPS) is 10.5. The lowest BCUT2D eigenvalue weighted by atomic mass is 10.2. The first kappa shape index (κ1) is 11.1. The summed E-state index contributed by atoms with van der Waals surface area (Å²) >= 11 is 17.3. The molecule has 0 radical (unpaired) electrons. The number of aromatic nitrogens is 1. The Labute approximate surface area is 91.8 Å². The Balaban J connectivity index is 3.13. The monoisotopic (exact) mass is 239 g/mol. The predicted octanol–water partition coefficient (Wildman–Crippen LogP) is 3.27. The van der Waals surface area contributed by atoms with Crippen molar-refractivity contribution in [3.63, 3.8) is 0 Å². The molecule has 13 heavy (non-hydrogen) atoms. The first-order valence-corrected chi connectivity index (χ1v) is 4.86. The van der Waals surface area contributed by atoms with Crippen molar-refractivity contribution in [3.8, 4) is 0 Å². The molecule has 0 aliphatic heterocycles. The summed E-state index contributed by atoms with van der Waals surface area (Å²) in [4.78, 5) is 3.90. The molecule has 0 N–H and O–H groups in total. The van der Waals surface area contributed by atoms with E-state index >= 15 is 0 Å². The lowest BCUT2D eigenvalue weighted by Gasteiger charge is -2.08. The molecule has 0 aromatic carbocycles. The van der Waals surface area contributed by atoms with Crippen molar-refractivity contribution < 1.29 is 4.74 Å². The van der Waals surface area contributed by atoms with Crippen molar-refractivity contribution in [1.82, 2.24) is 4.98 Å². The van der Waals surface area contributed by atoms with Crippen molar-refractivity contribution >= 4 is 34.8 Å². The molecule has 1 aromatic heterocycles. The van der Waals surface area contributed by atoms with Crippen molar-refractivity contribution in [3.05, 3.63) is 27.5 Å². The van der Waals surface area contributed by atoms with Crippen LogP contribution in [0.25, 0.3) is 0 Å². The number of methoxy groups -OCH3 is 1. The van der Waals surface area contributed by atoms with Crippen LogP contribution in [0.1, 0.15) is 11.1 Å². The van der Waals surface area contributed by atoms with E-state index in [1.807, 2.05) is 0 Å². The van der Waals surface area contributed by atoms with Gasteiger partial charge in [-0.2, -0.15) is 0 Å². The minimum absolute atomic E-state index is 0.275. The minimum atomic E-state index is 0.275. The van der Waals surface area contributed by atoms with Gasteiger partial charge in [-0.3, -0.25) is 0 Å². The second kappa shape index (κ2) is 5.01. The highest BCUT2D eigenvalue weighted by molar-refractivity contribution is 6.42. The number of pyridine rings is 1. The molecular formula is C8H8Cl3NO. The molecule has 72 valence electrons. The van der Waals surface area contributed by atoms with Gasteiger partial charge < -0.3 is 4.74 Å². The van der Waals surface area contributed by atoms with E-state index in [2.05, 4.69) is 4.98 Å². The van der Waals surface area contributed by atoms with Gasteiger partial charge in [0.2, 0.25) is 0 Å². The van der Waals surface area contributed by atoms with Crippen LogP contribution < -0.4 is 0 Å². The maximum atomic E-state index is 5.90. The topological polar surface area (TPSA) is 22.1 Å². The van der Waals surface area contributed by atoms with Crippen molar-refractivity contribution in [2.45, 2.75) is 12.5 Å². The summed E-state index contributed by atoms with van der Waals surface area (Å²) in [5, 5.41) is 0.684. The third kappa shape index (κ3) is 2.47. The van der Waals surface area contributed by atoms with Crippen molar-refractivity contribution in [1.29, 1.82) is 0 Å². The van der Waals surface area contributed by atoms with Gasteiger partial charge in [0.1, 0.15) is 5.15 Å². The maximum absolute atomic E-state index is 5.90. The van der Waals surface area contributed by atoms with Crippen LogP contribution in [0.4, 0.5) is 0 Å². The fourth-order valence-electron chi connectivity index (χ4n) is 0.959. The van der Waals surface area contributed by atoms with E-state index in [1.54, 1.807) is 13.3 Å². The molecule has 0 unspecified atom stereocenters. The quantitative estimate of drug-likeness (QED) is 0.597. The molecule has 1 heterocycles. The van der Waals surface area contributed by atoms with Gasteiger partial charge in [0, 0.05) is 24.8 Å². The highest BCUT2D eigenvalue weighted by Crippen LogP contribution is 2.27. The Bertz CT molecular complexity index is 304. The molecule has 0 saturated carbocycles. The van der Waals surface area contributed by atoms with Crippen molar-refractivity contribution in [2.24, 2.45) is 0 Å². The zero-order valence-electron chi connectivity index (χ0n) is 6.98. The van der Waals surface area contributed by atoms with Gasteiger partial charge in [-0.25, -0.2) is 4.98 Å². The molecule has 2 nitrogen and oxygen atoms in total. The van der Waals surface area contributed by atoms with Crippen LogP contribution in [0.3, 0.4) is 0 Å². The molecule has 0 aliphatic carbocycles. The molecule has 1 rings (SSSR count). The first-order valence-electron chi connectivity index (χ1n) is 3.57. The van der Waals surface area contributed by atoms with Gasteiger partial charge in [0.25, 0.3) is 0 Å². The van der Waals surface area contributed by atoms with Gasteiger partial charge in [-0.05, 0) is 5.56 Å². The van der Waals surface area contributed by atoms with Crippen LogP contribution in [0.5, 0.6) is 0 Å². The van der Waals surface area contributed by atoms with Crippen LogP contribution in [-0.2, 0) is 17.2 Å². The van der Waals surface area contributed by atoms with Gasteiger partial charge in [-0.15, -0.1) is 11.6 Å². The zero-order chi connectivity index (χ0) is 9.84. The first-order chi connectivity index (χ1) is 6.20. The van der Waals surface area contributed by atoms with Crippen LogP contribution in [0, 0.1) is 0 Å². The number of hydrogen-bond acceptors (Lipinski definition) is 2. The molecule has 0 atom stereocenters. The summed E-state index contributed by atoms with van der Waals surface area (Å²) < 4.78 is 4.96. The Morgan fingerprint density at radius 2 is 2.15 bits per heavy atom. The highest BCUT2D eigenvalue weighted by Gasteiger charge is 2.10. The van der Waals surface area contributed by atoms with E-state index in [-0.39, 0.29) is 5.15 Å². The largest absolute Gasteiger partial charge is 0.380 e. The summed E-state index contributed by atoms with van der Waals surface area (Å²) in [6.07, 6.45) is 1.62. The second-order valence-corrected chi connectivity index (χ2v) is 3.44. The van der Waals surface area contributed by atoms with Crippen LogP contribution in [0.15, 0.2) is 6.20 Å². The summed E-state index contributed by atoms with van der Waals surface area (Å²) in [5.41, 5.74) is 1.65. The van der Waals surface area contributed by atoms with Crippen LogP contribution in [-0.4, -0.2) is 12.1 Å². The molecular weight excluding hydrogens is 232 g/mol. The van der Waals surface area contributed by atoms with Crippen molar-refractivity contribution in [2.75, 3.05) is 7.11 Å².